The third kappa shape index (κ3) is 4.43. The topological polar surface area (TPSA) is 66.9 Å². The van der Waals surface area contributed by atoms with E-state index in [4.69, 9.17) is 11.6 Å². The molecule has 0 fully saturated rings. The Morgan fingerprint density at radius 2 is 1.95 bits per heavy atom. The van der Waals surface area contributed by atoms with Crippen molar-refractivity contribution in [1.82, 2.24) is 15.3 Å². The summed E-state index contributed by atoms with van der Waals surface area (Å²) >= 11 is 5.99. The lowest BCUT2D eigenvalue weighted by Crippen LogP contribution is -2.41. The Labute approximate surface area is 135 Å². The monoisotopic (exact) mass is 318 g/mol. The highest BCUT2D eigenvalue weighted by Crippen LogP contribution is 2.22. The summed E-state index contributed by atoms with van der Waals surface area (Å²) in [5.74, 6) is 0.118. The Morgan fingerprint density at radius 3 is 2.64 bits per heavy atom. The van der Waals surface area contributed by atoms with Crippen molar-refractivity contribution < 1.29 is 4.79 Å². The molecule has 0 aliphatic carbocycles. The van der Waals surface area contributed by atoms with Gasteiger partial charge in [-0.1, -0.05) is 17.7 Å². The first kappa shape index (κ1) is 16.2. The van der Waals surface area contributed by atoms with Crippen molar-refractivity contribution in [1.29, 1.82) is 0 Å². The summed E-state index contributed by atoms with van der Waals surface area (Å²) in [5, 5.41) is 6.57. The summed E-state index contributed by atoms with van der Waals surface area (Å²) in [5.41, 5.74) is 1.81. The number of hydrogen-bond donors (Lipinski definition) is 2. The van der Waals surface area contributed by atoms with Crippen LogP contribution in [0.4, 0.5) is 11.6 Å². The number of amides is 1. The van der Waals surface area contributed by atoms with E-state index in [1.165, 1.54) is 0 Å². The fourth-order valence-electron chi connectivity index (χ4n) is 1.80. The Morgan fingerprint density at radius 1 is 1.23 bits per heavy atom. The first-order valence-electron chi connectivity index (χ1n) is 6.93. The smallest absolute Gasteiger partial charge is 0.270 e. The van der Waals surface area contributed by atoms with E-state index in [2.05, 4.69) is 20.6 Å². The average Bonchev–Trinajstić information content (AvgIpc) is 2.41. The van der Waals surface area contributed by atoms with Crippen LogP contribution in [0.1, 0.15) is 36.8 Å². The number of nitrogens with one attached hydrogen (secondary N) is 2. The molecule has 0 atom stereocenters. The Bertz CT molecular complexity index is 695. The van der Waals surface area contributed by atoms with Gasteiger partial charge in [0.25, 0.3) is 5.91 Å². The second-order valence-electron chi connectivity index (χ2n) is 6.05. The Kier molecular flexibility index (Phi) is 4.66. The largest absolute Gasteiger partial charge is 0.346 e. The fraction of sp³-hybridized carbons (Fsp3) is 0.312. The normalized spacial score (nSPS) is 11.1. The van der Waals surface area contributed by atoms with Crippen LogP contribution in [0.3, 0.4) is 0 Å². The molecular formula is C16H19ClN4O. The lowest BCUT2D eigenvalue weighted by atomic mass is 10.1. The average molecular weight is 319 g/mol. The molecule has 2 rings (SSSR count). The molecule has 1 heterocycles. The Hall–Kier alpha value is -2.14. The van der Waals surface area contributed by atoms with Crippen LogP contribution >= 0.6 is 11.6 Å². The molecule has 1 aromatic heterocycles. The minimum Gasteiger partial charge on any atom is -0.346 e. The SMILES string of the molecule is Cc1ccc(Cl)cc1Nc1nccc(C(=O)NC(C)(C)C)n1. The van der Waals surface area contributed by atoms with Crippen molar-refractivity contribution in [2.75, 3.05) is 5.32 Å². The van der Waals surface area contributed by atoms with Gasteiger partial charge in [0, 0.05) is 22.4 Å². The molecule has 6 heteroatoms. The standard InChI is InChI=1S/C16H19ClN4O/c1-10-5-6-11(17)9-13(10)20-15-18-8-7-12(19-15)14(22)21-16(2,3)4/h5-9H,1-4H3,(H,21,22)(H,18,19,20). The van der Waals surface area contributed by atoms with Gasteiger partial charge in [-0.25, -0.2) is 9.97 Å². The molecule has 1 aromatic carbocycles. The van der Waals surface area contributed by atoms with Gasteiger partial charge in [0.1, 0.15) is 5.69 Å². The number of rotatable bonds is 3. The highest BCUT2D eigenvalue weighted by molar-refractivity contribution is 6.30. The molecule has 116 valence electrons. The minimum atomic E-state index is -0.320. The molecule has 2 aromatic rings. The van der Waals surface area contributed by atoms with Crippen LogP contribution in [-0.2, 0) is 0 Å². The number of aryl methyl sites for hydroxylation is 1. The van der Waals surface area contributed by atoms with Crippen LogP contribution in [0.2, 0.25) is 5.02 Å². The van der Waals surface area contributed by atoms with Crippen molar-refractivity contribution >= 4 is 29.1 Å². The van der Waals surface area contributed by atoms with E-state index in [1.807, 2.05) is 39.8 Å². The lowest BCUT2D eigenvalue weighted by Gasteiger charge is -2.20. The number of nitrogens with zero attached hydrogens (tertiary/aromatic N) is 2. The van der Waals surface area contributed by atoms with Crippen molar-refractivity contribution in [3.8, 4) is 0 Å². The molecule has 0 radical (unpaired) electrons. The van der Waals surface area contributed by atoms with Crippen molar-refractivity contribution in [3.05, 3.63) is 46.7 Å². The zero-order chi connectivity index (χ0) is 16.3. The van der Waals surface area contributed by atoms with Gasteiger partial charge < -0.3 is 10.6 Å². The van der Waals surface area contributed by atoms with E-state index in [9.17, 15) is 4.79 Å². The number of anilines is 2. The van der Waals surface area contributed by atoms with Gasteiger partial charge in [-0.15, -0.1) is 0 Å². The van der Waals surface area contributed by atoms with Gasteiger partial charge in [-0.05, 0) is 51.5 Å². The number of halogens is 1. The zero-order valence-corrected chi connectivity index (χ0v) is 13.8. The summed E-state index contributed by atoms with van der Waals surface area (Å²) in [6.45, 7) is 7.70. The van der Waals surface area contributed by atoms with Crippen LogP contribution in [-0.4, -0.2) is 21.4 Å². The number of hydrogen-bond acceptors (Lipinski definition) is 4. The van der Waals surface area contributed by atoms with E-state index in [1.54, 1.807) is 18.3 Å². The molecule has 0 saturated carbocycles. The highest BCUT2D eigenvalue weighted by atomic mass is 35.5. The predicted octanol–water partition coefficient (Wildman–Crippen LogP) is 3.71. The van der Waals surface area contributed by atoms with Gasteiger partial charge >= 0.3 is 0 Å². The molecule has 0 spiro atoms. The van der Waals surface area contributed by atoms with Crippen molar-refractivity contribution in [2.24, 2.45) is 0 Å². The summed E-state index contributed by atoms with van der Waals surface area (Å²) in [7, 11) is 0. The lowest BCUT2D eigenvalue weighted by molar-refractivity contribution is 0.0914. The molecule has 0 aliphatic rings. The van der Waals surface area contributed by atoms with Crippen LogP contribution in [0.25, 0.3) is 0 Å². The van der Waals surface area contributed by atoms with Crippen molar-refractivity contribution in [2.45, 2.75) is 33.2 Å². The number of carbonyl (C=O) groups excluding carboxylic acids is 1. The maximum Gasteiger partial charge on any atom is 0.270 e. The second-order valence-corrected chi connectivity index (χ2v) is 6.49. The van der Waals surface area contributed by atoms with Gasteiger partial charge in [-0.3, -0.25) is 4.79 Å². The molecule has 0 unspecified atom stereocenters. The molecule has 0 bridgehead atoms. The summed E-state index contributed by atoms with van der Waals surface area (Å²) in [4.78, 5) is 20.5. The van der Waals surface area contributed by atoms with Crippen LogP contribution < -0.4 is 10.6 Å². The van der Waals surface area contributed by atoms with E-state index < -0.39 is 0 Å². The first-order chi connectivity index (χ1) is 10.2. The van der Waals surface area contributed by atoms with E-state index >= 15 is 0 Å². The molecule has 0 aliphatic heterocycles. The van der Waals surface area contributed by atoms with Crippen LogP contribution in [0.5, 0.6) is 0 Å². The fourth-order valence-corrected chi connectivity index (χ4v) is 1.97. The zero-order valence-electron chi connectivity index (χ0n) is 13.1. The van der Waals surface area contributed by atoms with Crippen molar-refractivity contribution in [3.63, 3.8) is 0 Å². The molecular weight excluding hydrogens is 300 g/mol. The maximum absolute atomic E-state index is 12.1. The molecule has 1 amide bonds. The predicted molar refractivity (Wildman–Crippen MR) is 88.7 cm³/mol. The molecule has 0 saturated heterocycles. The second kappa shape index (κ2) is 6.32. The van der Waals surface area contributed by atoms with Gasteiger partial charge in [-0.2, -0.15) is 0 Å². The van der Waals surface area contributed by atoms with Gasteiger partial charge in [0.15, 0.2) is 0 Å². The highest BCUT2D eigenvalue weighted by Gasteiger charge is 2.16. The summed E-state index contributed by atoms with van der Waals surface area (Å²) in [6, 6.07) is 7.09. The molecule has 2 N–H and O–H groups in total. The third-order valence-electron chi connectivity index (χ3n) is 2.82. The quantitative estimate of drug-likeness (QED) is 0.905. The number of carbonyl (C=O) groups is 1. The maximum atomic E-state index is 12.1. The molecule has 22 heavy (non-hydrogen) atoms. The van der Waals surface area contributed by atoms with Crippen LogP contribution in [0.15, 0.2) is 30.5 Å². The first-order valence-corrected chi connectivity index (χ1v) is 7.31. The van der Waals surface area contributed by atoms with Crippen LogP contribution in [0, 0.1) is 6.92 Å². The minimum absolute atomic E-state index is 0.235. The molecule has 5 nitrogen and oxygen atoms in total. The summed E-state index contributed by atoms with van der Waals surface area (Å²) in [6.07, 6.45) is 1.55. The number of aromatic nitrogens is 2. The van der Waals surface area contributed by atoms with E-state index in [-0.39, 0.29) is 11.4 Å². The third-order valence-corrected chi connectivity index (χ3v) is 3.06. The Balaban J connectivity index is 2.22. The van der Waals surface area contributed by atoms with E-state index in [0.29, 0.717) is 16.7 Å². The summed E-state index contributed by atoms with van der Waals surface area (Å²) < 4.78 is 0. The van der Waals surface area contributed by atoms with Gasteiger partial charge in [0.2, 0.25) is 5.95 Å². The number of benzene rings is 1. The van der Waals surface area contributed by atoms with E-state index in [0.717, 1.165) is 11.3 Å². The van der Waals surface area contributed by atoms with Gasteiger partial charge in [0.05, 0.1) is 0 Å².